The monoisotopic (exact) mass is 291 g/mol. The fraction of sp³-hybridized carbons (Fsp3) is 0.636. The third-order valence-corrected chi connectivity index (χ3v) is 4.74. The van der Waals surface area contributed by atoms with Crippen LogP contribution in [0.4, 0.5) is 0 Å². The molecule has 0 aliphatic rings. The average Bonchev–Trinajstić information content (AvgIpc) is 2.27. The molecule has 0 radical (unpaired) electrons. The molecule has 1 rings (SSSR count). The SMILES string of the molecule is CC(C)C(C)(C)CNS(=O)(=O)c1cnc(Cl)nc1. The van der Waals surface area contributed by atoms with E-state index in [1.807, 2.05) is 13.8 Å². The molecule has 1 aromatic heterocycles. The molecule has 1 aromatic rings. The van der Waals surface area contributed by atoms with Gasteiger partial charge in [-0.05, 0) is 22.9 Å². The molecular formula is C11H18ClN3O2S. The van der Waals surface area contributed by atoms with Gasteiger partial charge in [-0.2, -0.15) is 0 Å². The normalized spacial score (nSPS) is 13.0. The van der Waals surface area contributed by atoms with E-state index in [0.29, 0.717) is 12.5 Å². The summed E-state index contributed by atoms with van der Waals surface area (Å²) in [5.41, 5.74) is -0.125. The highest BCUT2D eigenvalue weighted by Crippen LogP contribution is 2.25. The van der Waals surface area contributed by atoms with E-state index in [9.17, 15) is 8.42 Å². The summed E-state index contributed by atoms with van der Waals surface area (Å²) in [6.45, 7) is 8.49. The minimum Gasteiger partial charge on any atom is -0.225 e. The van der Waals surface area contributed by atoms with E-state index < -0.39 is 10.0 Å². The van der Waals surface area contributed by atoms with Crippen molar-refractivity contribution in [3.8, 4) is 0 Å². The van der Waals surface area contributed by atoms with Crippen molar-refractivity contribution in [3.05, 3.63) is 17.7 Å². The lowest BCUT2D eigenvalue weighted by atomic mass is 9.81. The number of rotatable bonds is 5. The number of nitrogens with one attached hydrogen (secondary N) is 1. The van der Waals surface area contributed by atoms with Crippen LogP contribution in [0.5, 0.6) is 0 Å². The molecule has 0 bridgehead atoms. The van der Waals surface area contributed by atoms with Crippen molar-refractivity contribution < 1.29 is 8.42 Å². The van der Waals surface area contributed by atoms with E-state index >= 15 is 0 Å². The predicted octanol–water partition coefficient (Wildman–Crippen LogP) is 2.09. The van der Waals surface area contributed by atoms with E-state index in [4.69, 9.17) is 11.6 Å². The molecule has 1 N–H and O–H groups in total. The van der Waals surface area contributed by atoms with Gasteiger partial charge >= 0.3 is 0 Å². The highest BCUT2D eigenvalue weighted by atomic mass is 35.5. The Morgan fingerprint density at radius 3 is 2.28 bits per heavy atom. The molecule has 0 aliphatic heterocycles. The Morgan fingerprint density at radius 1 is 1.33 bits per heavy atom. The number of nitrogens with zero attached hydrogens (tertiary/aromatic N) is 2. The molecule has 0 amide bonds. The first kappa shape index (κ1) is 15.3. The third kappa shape index (κ3) is 3.90. The first-order chi connectivity index (χ1) is 8.15. The molecule has 0 fully saturated rings. The maximum absolute atomic E-state index is 12.0. The second-order valence-corrected chi connectivity index (χ2v) is 7.26. The van der Waals surface area contributed by atoms with Crippen LogP contribution in [0.25, 0.3) is 0 Å². The Kier molecular flexibility index (Phi) is 4.69. The quantitative estimate of drug-likeness (QED) is 0.843. The lowest BCUT2D eigenvalue weighted by Crippen LogP contribution is -2.37. The van der Waals surface area contributed by atoms with Crippen LogP contribution >= 0.6 is 11.6 Å². The zero-order valence-corrected chi connectivity index (χ0v) is 12.5. The smallest absolute Gasteiger partial charge is 0.225 e. The van der Waals surface area contributed by atoms with Gasteiger partial charge in [-0.25, -0.2) is 23.1 Å². The average molecular weight is 292 g/mol. The summed E-state index contributed by atoms with van der Waals surface area (Å²) in [7, 11) is -3.58. The maximum atomic E-state index is 12.0. The van der Waals surface area contributed by atoms with Gasteiger partial charge in [0.1, 0.15) is 4.90 Å². The van der Waals surface area contributed by atoms with Gasteiger partial charge in [-0.1, -0.05) is 27.7 Å². The van der Waals surface area contributed by atoms with Gasteiger partial charge in [0.25, 0.3) is 0 Å². The van der Waals surface area contributed by atoms with Crippen LogP contribution in [0.1, 0.15) is 27.7 Å². The summed E-state index contributed by atoms with van der Waals surface area (Å²) < 4.78 is 26.5. The number of halogens is 1. The van der Waals surface area contributed by atoms with Gasteiger partial charge in [-0.3, -0.25) is 0 Å². The molecule has 0 unspecified atom stereocenters. The van der Waals surface area contributed by atoms with E-state index in [-0.39, 0.29) is 15.6 Å². The standard InChI is InChI=1S/C11H18ClN3O2S/c1-8(2)11(3,4)7-15-18(16,17)9-5-13-10(12)14-6-9/h5-6,8,15H,7H2,1-4H3. The highest BCUT2D eigenvalue weighted by molar-refractivity contribution is 7.89. The molecule has 0 saturated heterocycles. The Labute approximate surface area is 113 Å². The highest BCUT2D eigenvalue weighted by Gasteiger charge is 2.25. The molecule has 102 valence electrons. The number of sulfonamides is 1. The molecule has 7 heteroatoms. The van der Waals surface area contributed by atoms with Crippen LogP contribution in [0, 0.1) is 11.3 Å². The van der Waals surface area contributed by atoms with Crippen molar-refractivity contribution in [1.29, 1.82) is 0 Å². The molecular weight excluding hydrogens is 274 g/mol. The number of aromatic nitrogens is 2. The summed E-state index contributed by atoms with van der Waals surface area (Å²) in [5, 5.41) is 0.0245. The van der Waals surface area contributed by atoms with Crippen molar-refractivity contribution in [2.45, 2.75) is 32.6 Å². The Bertz CT molecular complexity index is 498. The maximum Gasteiger partial charge on any atom is 0.243 e. The summed E-state index contributed by atoms with van der Waals surface area (Å²) in [5.74, 6) is 0.363. The Hall–Kier alpha value is -0.720. The van der Waals surface area contributed by atoms with E-state index in [2.05, 4.69) is 28.5 Å². The first-order valence-corrected chi connectivity index (χ1v) is 7.48. The minimum absolute atomic E-state index is 0.0199. The molecule has 0 atom stereocenters. The number of hydrogen-bond donors (Lipinski definition) is 1. The van der Waals surface area contributed by atoms with E-state index in [1.54, 1.807) is 0 Å². The minimum atomic E-state index is -3.58. The van der Waals surface area contributed by atoms with Crippen LogP contribution in [-0.4, -0.2) is 24.9 Å². The van der Waals surface area contributed by atoms with Gasteiger partial charge in [0.15, 0.2) is 0 Å². The Balaban J connectivity index is 2.81. The molecule has 0 saturated carbocycles. The Morgan fingerprint density at radius 2 is 1.83 bits per heavy atom. The lowest BCUT2D eigenvalue weighted by molar-refractivity contribution is 0.252. The van der Waals surface area contributed by atoms with E-state index in [1.165, 1.54) is 12.4 Å². The third-order valence-electron chi connectivity index (χ3n) is 3.19. The molecule has 0 spiro atoms. The summed E-state index contributed by atoms with van der Waals surface area (Å²) in [4.78, 5) is 7.34. The van der Waals surface area contributed by atoms with Crippen molar-refractivity contribution in [3.63, 3.8) is 0 Å². The van der Waals surface area contributed by atoms with Crippen LogP contribution in [0.15, 0.2) is 17.3 Å². The zero-order valence-electron chi connectivity index (χ0n) is 10.9. The molecule has 0 aliphatic carbocycles. The second-order valence-electron chi connectivity index (χ2n) is 5.16. The van der Waals surface area contributed by atoms with Crippen LogP contribution < -0.4 is 4.72 Å². The summed E-state index contributed by atoms with van der Waals surface area (Å²) in [6, 6.07) is 0. The fourth-order valence-electron chi connectivity index (χ4n) is 1.01. The molecule has 18 heavy (non-hydrogen) atoms. The molecule has 1 heterocycles. The van der Waals surface area contributed by atoms with Crippen molar-refractivity contribution in [2.24, 2.45) is 11.3 Å². The van der Waals surface area contributed by atoms with Crippen molar-refractivity contribution in [1.82, 2.24) is 14.7 Å². The topological polar surface area (TPSA) is 72.0 Å². The predicted molar refractivity (Wildman–Crippen MR) is 70.8 cm³/mol. The molecule has 0 aromatic carbocycles. The van der Waals surface area contributed by atoms with E-state index in [0.717, 1.165) is 0 Å². The summed E-state index contributed by atoms with van der Waals surface area (Å²) in [6.07, 6.45) is 2.39. The van der Waals surface area contributed by atoms with Crippen LogP contribution in [-0.2, 0) is 10.0 Å². The first-order valence-electron chi connectivity index (χ1n) is 5.62. The van der Waals surface area contributed by atoms with Crippen LogP contribution in [0.2, 0.25) is 5.28 Å². The molecule has 5 nitrogen and oxygen atoms in total. The van der Waals surface area contributed by atoms with Gasteiger partial charge in [0.2, 0.25) is 15.3 Å². The summed E-state index contributed by atoms with van der Waals surface area (Å²) >= 11 is 5.52. The fourth-order valence-corrected chi connectivity index (χ4v) is 2.22. The van der Waals surface area contributed by atoms with Gasteiger partial charge < -0.3 is 0 Å². The van der Waals surface area contributed by atoms with Gasteiger partial charge in [0, 0.05) is 6.54 Å². The number of hydrogen-bond acceptors (Lipinski definition) is 4. The zero-order chi connectivity index (χ0) is 14.0. The van der Waals surface area contributed by atoms with Gasteiger partial charge in [0.05, 0.1) is 12.4 Å². The van der Waals surface area contributed by atoms with Crippen molar-refractivity contribution >= 4 is 21.6 Å². The van der Waals surface area contributed by atoms with Crippen LogP contribution in [0.3, 0.4) is 0 Å². The largest absolute Gasteiger partial charge is 0.243 e. The van der Waals surface area contributed by atoms with Crippen molar-refractivity contribution in [2.75, 3.05) is 6.54 Å². The van der Waals surface area contributed by atoms with Gasteiger partial charge in [-0.15, -0.1) is 0 Å². The lowest BCUT2D eigenvalue weighted by Gasteiger charge is -2.29. The second kappa shape index (κ2) is 5.50.